The van der Waals surface area contributed by atoms with Crippen LogP contribution in [0, 0.1) is 5.92 Å². The third kappa shape index (κ3) is 5.62. The van der Waals surface area contributed by atoms with Crippen LogP contribution in [0.4, 0.5) is 0 Å². The van der Waals surface area contributed by atoms with Crippen molar-refractivity contribution in [2.75, 3.05) is 13.2 Å². The first-order valence-electron chi connectivity index (χ1n) is 5.93. The Labute approximate surface area is 92.0 Å². The van der Waals surface area contributed by atoms with Crippen LogP contribution in [0.5, 0.6) is 0 Å². The smallest absolute Gasteiger partial charge is 0.188 e. The zero-order valence-electron chi connectivity index (χ0n) is 9.58. The molecule has 0 aromatic carbocycles. The molecule has 0 aromatic heterocycles. The highest BCUT2D eigenvalue weighted by Gasteiger charge is 2.21. The van der Waals surface area contributed by atoms with E-state index >= 15 is 0 Å². The number of hydrogen-bond donors (Lipinski definition) is 3. The maximum atomic E-state index is 8.89. The van der Waals surface area contributed by atoms with Gasteiger partial charge in [-0.25, -0.2) is 0 Å². The minimum atomic E-state index is 0.246. The Hall–Kier alpha value is -0.770. The molecule has 15 heavy (non-hydrogen) atoms. The first-order valence-corrected chi connectivity index (χ1v) is 5.93. The second-order valence-corrected chi connectivity index (χ2v) is 4.31. The Morgan fingerprint density at radius 2 is 2.27 bits per heavy atom. The molecule has 4 heteroatoms. The van der Waals surface area contributed by atoms with E-state index in [-0.39, 0.29) is 6.61 Å². The standard InChI is InChI=1S/C11H23N3O/c1-2-3-9(6-7-15)8-13-11(12)14-10-4-5-10/h9-10,15H,2-8H2,1H3,(H3,12,13,14). The summed E-state index contributed by atoms with van der Waals surface area (Å²) in [6.07, 6.45) is 5.50. The van der Waals surface area contributed by atoms with Crippen LogP contribution in [0.25, 0.3) is 0 Å². The monoisotopic (exact) mass is 213 g/mol. The van der Waals surface area contributed by atoms with E-state index in [4.69, 9.17) is 10.8 Å². The molecule has 0 saturated heterocycles. The summed E-state index contributed by atoms with van der Waals surface area (Å²) in [5, 5.41) is 12.0. The first-order chi connectivity index (χ1) is 7.26. The topological polar surface area (TPSA) is 70.6 Å². The van der Waals surface area contributed by atoms with Gasteiger partial charge in [-0.05, 0) is 31.6 Å². The molecule has 1 aliphatic carbocycles. The molecular weight excluding hydrogens is 190 g/mol. The molecule has 0 radical (unpaired) electrons. The molecule has 88 valence electrons. The molecule has 1 fully saturated rings. The van der Waals surface area contributed by atoms with Gasteiger partial charge in [0.1, 0.15) is 0 Å². The number of rotatable bonds is 7. The summed E-state index contributed by atoms with van der Waals surface area (Å²) >= 11 is 0. The van der Waals surface area contributed by atoms with Crippen LogP contribution in [-0.4, -0.2) is 30.3 Å². The molecule has 0 bridgehead atoms. The lowest BCUT2D eigenvalue weighted by molar-refractivity contribution is 0.253. The van der Waals surface area contributed by atoms with Gasteiger partial charge in [-0.3, -0.25) is 4.99 Å². The maximum Gasteiger partial charge on any atom is 0.188 e. The third-order valence-corrected chi connectivity index (χ3v) is 2.68. The zero-order chi connectivity index (χ0) is 11.1. The van der Waals surface area contributed by atoms with Gasteiger partial charge in [-0.15, -0.1) is 0 Å². The van der Waals surface area contributed by atoms with Crippen LogP contribution < -0.4 is 11.1 Å². The molecule has 0 heterocycles. The zero-order valence-corrected chi connectivity index (χ0v) is 9.58. The second kappa shape index (κ2) is 6.67. The fourth-order valence-corrected chi connectivity index (χ4v) is 1.63. The van der Waals surface area contributed by atoms with E-state index in [1.165, 1.54) is 12.8 Å². The van der Waals surface area contributed by atoms with Crippen molar-refractivity contribution in [3.8, 4) is 0 Å². The molecule has 0 amide bonds. The summed E-state index contributed by atoms with van der Waals surface area (Å²) in [5.74, 6) is 1.04. The molecule has 1 rings (SSSR count). The lowest BCUT2D eigenvalue weighted by Crippen LogP contribution is -2.33. The van der Waals surface area contributed by atoms with Crippen LogP contribution in [0.3, 0.4) is 0 Å². The number of guanidine groups is 1. The Bertz CT molecular complexity index is 196. The van der Waals surface area contributed by atoms with Gasteiger partial charge in [-0.2, -0.15) is 0 Å². The summed E-state index contributed by atoms with van der Waals surface area (Å²) in [7, 11) is 0. The number of aliphatic hydroxyl groups is 1. The summed E-state index contributed by atoms with van der Waals surface area (Å²) in [6.45, 7) is 3.13. The SMILES string of the molecule is CCCC(CCO)CN=C(N)NC1CC1. The number of aliphatic imine (C=N–C) groups is 1. The van der Waals surface area contributed by atoms with Gasteiger partial charge in [0.15, 0.2) is 5.96 Å². The van der Waals surface area contributed by atoms with Crippen molar-refractivity contribution in [3.05, 3.63) is 0 Å². The Morgan fingerprint density at radius 3 is 2.80 bits per heavy atom. The van der Waals surface area contributed by atoms with Gasteiger partial charge in [0.25, 0.3) is 0 Å². The second-order valence-electron chi connectivity index (χ2n) is 4.31. The minimum Gasteiger partial charge on any atom is -0.396 e. The van der Waals surface area contributed by atoms with E-state index < -0.39 is 0 Å². The molecule has 1 unspecified atom stereocenters. The van der Waals surface area contributed by atoms with Gasteiger partial charge in [0.05, 0.1) is 0 Å². The molecule has 0 spiro atoms. The largest absolute Gasteiger partial charge is 0.396 e. The average molecular weight is 213 g/mol. The van der Waals surface area contributed by atoms with Gasteiger partial charge in [0, 0.05) is 19.2 Å². The highest BCUT2D eigenvalue weighted by atomic mass is 16.3. The van der Waals surface area contributed by atoms with Crippen molar-refractivity contribution in [2.45, 2.75) is 45.1 Å². The van der Waals surface area contributed by atoms with E-state index in [2.05, 4.69) is 17.2 Å². The van der Waals surface area contributed by atoms with Crippen LogP contribution >= 0.6 is 0 Å². The van der Waals surface area contributed by atoms with E-state index in [9.17, 15) is 0 Å². The number of nitrogens with zero attached hydrogens (tertiary/aromatic N) is 1. The van der Waals surface area contributed by atoms with Crippen molar-refractivity contribution >= 4 is 5.96 Å². The molecule has 1 atom stereocenters. The Kier molecular flexibility index (Phi) is 5.47. The van der Waals surface area contributed by atoms with Crippen LogP contribution in [0.1, 0.15) is 39.0 Å². The number of nitrogens with one attached hydrogen (secondary N) is 1. The Morgan fingerprint density at radius 1 is 1.53 bits per heavy atom. The summed E-state index contributed by atoms with van der Waals surface area (Å²) in [5.41, 5.74) is 5.73. The molecule has 0 aliphatic heterocycles. The van der Waals surface area contributed by atoms with Crippen molar-refractivity contribution < 1.29 is 5.11 Å². The molecular formula is C11H23N3O. The lowest BCUT2D eigenvalue weighted by atomic mass is 10.0. The summed E-state index contributed by atoms with van der Waals surface area (Å²) in [6, 6.07) is 0.566. The summed E-state index contributed by atoms with van der Waals surface area (Å²) in [4.78, 5) is 4.31. The predicted molar refractivity (Wildman–Crippen MR) is 62.7 cm³/mol. The molecule has 1 aliphatic rings. The van der Waals surface area contributed by atoms with Crippen LogP contribution in [-0.2, 0) is 0 Å². The fourth-order valence-electron chi connectivity index (χ4n) is 1.63. The number of nitrogens with two attached hydrogens (primary N) is 1. The van der Waals surface area contributed by atoms with Crippen molar-refractivity contribution in [1.82, 2.24) is 5.32 Å². The van der Waals surface area contributed by atoms with E-state index in [0.29, 0.717) is 17.9 Å². The van der Waals surface area contributed by atoms with Gasteiger partial charge < -0.3 is 16.2 Å². The molecule has 4 N–H and O–H groups in total. The first kappa shape index (κ1) is 12.3. The van der Waals surface area contributed by atoms with Gasteiger partial charge in [0.2, 0.25) is 0 Å². The van der Waals surface area contributed by atoms with E-state index in [1.54, 1.807) is 0 Å². The minimum absolute atomic E-state index is 0.246. The van der Waals surface area contributed by atoms with Crippen LogP contribution in [0.15, 0.2) is 4.99 Å². The van der Waals surface area contributed by atoms with Crippen LogP contribution in [0.2, 0.25) is 0 Å². The van der Waals surface area contributed by atoms with Crippen molar-refractivity contribution in [3.63, 3.8) is 0 Å². The third-order valence-electron chi connectivity index (χ3n) is 2.68. The van der Waals surface area contributed by atoms with E-state index in [0.717, 1.165) is 25.8 Å². The normalized spacial score (nSPS) is 18.9. The van der Waals surface area contributed by atoms with E-state index in [1.807, 2.05) is 0 Å². The maximum absolute atomic E-state index is 8.89. The molecule has 1 saturated carbocycles. The highest BCUT2D eigenvalue weighted by Crippen LogP contribution is 2.18. The Balaban J connectivity index is 2.22. The molecule has 0 aromatic rings. The quantitative estimate of drug-likeness (QED) is 0.434. The van der Waals surface area contributed by atoms with Crippen molar-refractivity contribution in [1.29, 1.82) is 0 Å². The molecule has 4 nitrogen and oxygen atoms in total. The lowest BCUT2D eigenvalue weighted by Gasteiger charge is -2.12. The predicted octanol–water partition coefficient (Wildman–Crippen LogP) is 0.852. The number of aliphatic hydroxyl groups excluding tert-OH is 1. The number of hydrogen-bond acceptors (Lipinski definition) is 2. The van der Waals surface area contributed by atoms with Gasteiger partial charge >= 0.3 is 0 Å². The summed E-state index contributed by atoms with van der Waals surface area (Å²) < 4.78 is 0. The highest BCUT2D eigenvalue weighted by molar-refractivity contribution is 5.78. The average Bonchev–Trinajstić information content (AvgIpc) is 2.99. The van der Waals surface area contributed by atoms with Crippen molar-refractivity contribution in [2.24, 2.45) is 16.6 Å². The van der Waals surface area contributed by atoms with Gasteiger partial charge in [-0.1, -0.05) is 13.3 Å². The fraction of sp³-hybridized carbons (Fsp3) is 0.909.